The molecule has 0 fully saturated rings. The molecule has 9 nitrogen and oxygen atoms in total. The molecule has 36 heavy (non-hydrogen) atoms. The summed E-state index contributed by atoms with van der Waals surface area (Å²) in [6.45, 7) is 1.81. The first-order valence-electron chi connectivity index (χ1n) is 11.1. The van der Waals surface area contributed by atoms with Crippen molar-refractivity contribution in [2.24, 2.45) is 0 Å². The van der Waals surface area contributed by atoms with Gasteiger partial charge in [-0.05, 0) is 54.1 Å². The molecule has 1 heterocycles. The molecule has 0 unspecified atom stereocenters. The molecule has 0 spiro atoms. The van der Waals surface area contributed by atoms with Gasteiger partial charge in [-0.1, -0.05) is 18.2 Å². The smallest absolute Gasteiger partial charge is 0.252 e. The van der Waals surface area contributed by atoms with Crippen LogP contribution in [0.25, 0.3) is 16.6 Å². The van der Waals surface area contributed by atoms with Gasteiger partial charge in [0.1, 0.15) is 5.82 Å². The average Bonchev–Trinajstić information content (AvgIpc) is 3.30. The third kappa shape index (κ3) is 5.75. The van der Waals surface area contributed by atoms with Crippen molar-refractivity contribution < 1.29 is 22.4 Å². The quantitative estimate of drug-likeness (QED) is 0.299. The van der Waals surface area contributed by atoms with Crippen LogP contribution >= 0.6 is 0 Å². The number of fused-ring (bicyclic) bond motifs is 1. The van der Waals surface area contributed by atoms with Gasteiger partial charge in [-0.15, -0.1) is 0 Å². The summed E-state index contributed by atoms with van der Waals surface area (Å²) in [4.78, 5) is 23.9. The minimum Gasteiger partial charge on any atom is -0.355 e. The molecule has 3 aromatic carbocycles. The molecule has 0 bridgehead atoms. The van der Waals surface area contributed by atoms with E-state index < -0.39 is 10.0 Å². The summed E-state index contributed by atoms with van der Waals surface area (Å²) in [6.07, 6.45) is 1.59. The lowest BCUT2D eigenvalue weighted by molar-refractivity contribution is -0.118. The lowest BCUT2D eigenvalue weighted by Gasteiger charge is -2.09. The molecule has 0 aliphatic carbocycles. The standard InChI is InChI=1S/C25H24FN5O4S/c1-17(32)27-13-14-30-36(34,35)21-11-5-18(6-12-21)15-28-25(33)22-3-2-4-24-23(22)16-29-31(24)20-9-7-19(26)8-10-20/h2-12,16,30H,13-15H2,1H3,(H,27,32)(H,28,33). The van der Waals surface area contributed by atoms with Crippen LogP contribution in [0.5, 0.6) is 0 Å². The van der Waals surface area contributed by atoms with Crippen LogP contribution in [-0.2, 0) is 21.4 Å². The second-order valence-corrected chi connectivity index (χ2v) is 9.75. The molecule has 0 saturated heterocycles. The molecule has 0 atom stereocenters. The molecule has 11 heteroatoms. The number of nitrogens with one attached hydrogen (secondary N) is 3. The van der Waals surface area contributed by atoms with Crippen LogP contribution in [-0.4, -0.2) is 43.1 Å². The number of aromatic nitrogens is 2. The zero-order valence-corrected chi connectivity index (χ0v) is 20.2. The zero-order chi connectivity index (χ0) is 25.7. The van der Waals surface area contributed by atoms with Crippen LogP contribution in [0.4, 0.5) is 4.39 Å². The van der Waals surface area contributed by atoms with Gasteiger partial charge in [0.2, 0.25) is 15.9 Å². The lowest BCUT2D eigenvalue weighted by atomic mass is 10.1. The maximum atomic E-state index is 13.3. The molecule has 2 amide bonds. The molecule has 4 aromatic rings. The van der Waals surface area contributed by atoms with Crippen LogP contribution < -0.4 is 15.4 Å². The Morgan fingerprint density at radius 2 is 1.67 bits per heavy atom. The van der Waals surface area contributed by atoms with Crippen LogP contribution in [0.3, 0.4) is 0 Å². The fourth-order valence-corrected chi connectivity index (χ4v) is 4.64. The number of nitrogens with zero attached hydrogens (tertiary/aromatic N) is 2. The maximum absolute atomic E-state index is 13.3. The Morgan fingerprint density at radius 3 is 2.36 bits per heavy atom. The summed E-state index contributed by atoms with van der Waals surface area (Å²) >= 11 is 0. The van der Waals surface area contributed by atoms with Crippen molar-refractivity contribution in [2.45, 2.75) is 18.4 Å². The van der Waals surface area contributed by atoms with E-state index in [1.807, 2.05) is 6.07 Å². The van der Waals surface area contributed by atoms with Gasteiger partial charge < -0.3 is 10.6 Å². The Bertz CT molecular complexity index is 1500. The number of carbonyl (C=O) groups excluding carboxylic acids is 2. The van der Waals surface area contributed by atoms with E-state index in [2.05, 4.69) is 20.5 Å². The number of hydrogen-bond donors (Lipinski definition) is 3. The number of sulfonamides is 1. The molecular weight excluding hydrogens is 485 g/mol. The van der Waals surface area contributed by atoms with Crippen molar-refractivity contribution >= 4 is 32.7 Å². The molecule has 3 N–H and O–H groups in total. The highest BCUT2D eigenvalue weighted by molar-refractivity contribution is 7.89. The van der Waals surface area contributed by atoms with Crippen molar-refractivity contribution in [3.63, 3.8) is 0 Å². The Kier molecular flexibility index (Phi) is 7.41. The number of carbonyl (C=O) groups is 2. The van der Waals surface area contributed by atoms with E-state index in [9.17, 15) is 22.4 Å². The molecule has 0 aliphatic heterocycles. The average molecular weight is 510 g/mol. The van der Waals surface area contributed by atoms with E-state index in [1.165, 1.54) is 31.2 Å². The highest BCUT2D eigenvalue weighted by Crippen LogP contribution is 2.22. The van der Waals surface area contributed by atoms with E-state index in [4.69, 9.17) is 0 Å². The predicted octanol–water partition coefficient (Wildman–Crippen LogP) is 2.51. The summed E-state index contributed by atoms with van der Waals surface area (Å²) in [5, 5.41) is 10.4. The summed E-state index contributed by atoms with van der Waals surface area (Å²) < 4.78 is 42.1. The van der Waals surface area contributed by atoms with Crippen LogP contribution in [0.2, 0.25) is 0 Å². The molecule has 0 aliphatic rings. The first-order valence-corrected chi connectivity index (χ1v) is 12.6. The van der Waals surface area contributed by atoms with Gasteiger partial charge in [-0.3, -0.25) is 9.59 Å². The molecule has 1 aromatic heterocycles. The summed E-state index contributed by atoms with van der Waals surface area (Å²) in [6, 6.07) is 17.3. The molecule has 0 radical (unpaired) electrons. The highest BCUT2D eigenvalue weighted by atomic mass is 32.2. The van der Waals surface area contributed by atoms with Gasteiger partial charge in [-0.25, -0.2) is 22.2 Å². The number of amides is 2. The van der Waals surface area contributed by atoms with E-state index >= 15 is 0 Å². The van der Waals surface area contributed by atoms with Gasteiger partial charge in [0.15, 0.2) is 0 Å². The van der Waals surface area contributed by atoms with E-state index in [-0.39, 0.29) is 42.2 Å². The van der Waals surface area contributed by atoms with Crippen molar-refractivity contribution in [3.05, 3.63) is 89.9 Å². The number of rotatable bonds is 9. The molecular formula is C25H24FN5O4S. The first kappa shape index (κ1) is 25.0. The van der Waals surface area contributed by atoms with Gasteiger partial charge in [-0.2, -0.15) is 5.10 Å². The maximum Gasteiger partial charge on any atom is 0.252 e. The monoisotopic (exact) mass is 509 g/mol. The van der Waals surface area contributed by atoms with Crippen LogP contribution in [0.1, 0.15) is 22.8 Å². The minimum absolute atomic E-state index is 0.0724. The molecule has 0 saturated carbocycles. The van der Waals surface area contributed by atoms with Crippen LogP contribution in [0.15, 0.2) is 77.8 Å². The Morgan fingerprint density at radius 1 is 0.944 bits per heavy atom. The van der Waals surface area contributed by atoms with Gasteiger partial charge >= 0.3 is 0 Å². The van der Waals surface area contributed by atoms with Gasteiger partial charge in [0.05, 0.1) is 27.9 Å². The Balaban J connectivity index is 1.41. The van der Waals surface area contributed by atoms with Crippen molar-refractivity contribution in [1.29, 1.82) is 0 Å². The van der Waals surface area contributed by atoms with Gasteiger partial charge in [0.25, 0.3) is 5.91 Å². The molecule has 4 rings (SSSR count). The second kappa shape index (κ2) is 10.7. The van der Waals surface area contributed by atoms with Crippen molar-refractivity contribution in [3.8, 4) is 5.69 Å². The first-order chi connectivity index (χ1) is 17.2. The number of benzene rings is 3. The van der Waals surface area contributed by atoms with E-state index in [0.29, 0.717) is 22.2 Å². The van der Waals surface area contributed by atoms with Crippen molar-refractivity contribution in [1.82, 2.24) is 25.1 Å². The summed E-state index contributed by atoms with van der Waals surface area (Å²) in [5.41, 5.74) is 2.52. The van der Waals surface area contributed by atoms with Crippen molar-refractivity contribution in [2.75, 3.05) is 13.1 Å². The molecule has 186 valence electrons. The third-order valence-electron chi connectivity index (χ3n) is 5.41. The Labute approximate surface area is 207 Å². The van der Waals surface area contributed by atoms with E-state index in [1.54, 1.807) is 47.3 Å². The number of halogens is 1. The summed E-state index contributed by atoms with van der Waals surface area (Å²) in [5.74, 6) is -0.895. The number of hydrogen-bond acceptors (Lipinski definition) is 5. The summed E-state index contributed by atoms with van der Waals surface area (Å²) in [7, 11) is -3.72. The fraction of sp³-hybridized carbons (Fsp3) is 0.160. The predicted molar refractivity (Wildman–Crippen MR) is 133 cm³/mol. The van der Waals surface area contributed by atoms with Gasteiger partial charge in [0, 0.05) is 31.9 Å². The minimum atomic E-state index is -3.72. The largest absolute Gasteiger partial charge is 0.355 e. The third-order valence-corrected chi connectivity index (χ3v) is 6.88. The zero-order valence-electron chi connectivity index (χ0n) is 19.4. The SMILES string of the molecule is CC(=O)NCCNS(=O)(=O)c1ccc(CNC(=O)c2cccc3c2cnn3-c2ccc(F)cc2)cc1. The Hall–Kier alpha value is -4.09. The van der Waals surface area contributed by atoms with E-state index in [0.717, 1.165) is 5.56 Å². The highest BCUT2D eigenvalue weighted by Gasteiger charge is 2.15. The topological polar surface area (TPSA) is 122 Å². The van der Waals surface area contributed by atoms with Crippen LogP contribution in [0, 0.1) is 5.82 Å². The fourth-order valence-electron chi connectivity index (χ4n) is 3.61. The normalized spacial score (nSPS) is 11.4. The second-order valence-electron chi connectivity index (χ2n) is 7.98. The lowest BCUT2D eigenvalue weighted by Crippen LogP contribution is -2.33.